The Kier molecular flexibility index (Phi) is 7.28. The number of nitrogens with one attached hydrogen (secondary N) is 1. The number of hydrogen-bond donors (Lipinski definition) is 1. The zero-order valence-electron chi connectivity index (χ0n) is 24.0. The number of carbonyl (C=O) groups is 1. The van der Waals surface area contributed by atoms with Gasteiger partial charge in [-0.05, 0) is 43.4 Å². The number of benzene rings is 1. The van der Waals surface area contributed by atoms with Crippen molar-refractivity contribution in [2.45, 2.75) is 44.7 Å². The van der Waals surface area contributed by atoms with Crippen LogP contribution in [0, 0.1) is 11.3 Å². The second-order valence-corrected chi connectivity index (χ2v) is 12.9. The second kappa shape index (κ2) is 10.9. The number of hydrogen-bond acceptors (Lipinski definition) is 7. The van der Waals surface area contributed by atoms with Crippen LogP contribution in [0.4, 0.5) is 16.3 Å². The number of urea groups is 1. The average molecular weight is 590 g/mol. The van der Waals surface area contributed by atoms with E-state index in [1.54, 1.807) is 22.8 Å². The fraction of sp³-hybridized carbons (Fsp3) is 0.448. The van der Waals surface area contributed by atoms with Crippen LogP contribution in [0.5, 0.6) is 0 Å². The number of rotatable bonds is 5. The summed E-state index contributed by atoms with van der Waals surface area (Å²) in [6.45, 7) is 6.02. The second-order valence-electron chi connectivity index (χ2n) is 11.1. The summed E-state index contributed by atoms with van der Waals surface area (Å²) in [6, 6.07) is 6.36. The standard InChI is InChI=1S/C29H35N9O3S/c1-4-42(40,41)36-12-7-23(8-13-36)38-26-9-11-35(29(39)31-2)19-25(26)28(33-38)37-10-5-6-20-14-24(21(16-30)15-27(20)37)22-17-32-34(3)18-22/h4,14-15,17-18,23H,1,5-13,19H2,2-3H3,(H,31,39). The number of amides is 2. The summed E-state index contributed by atoms with van der Waals surface area (Å²) < 4.78 is 30.0. The van der Waals surface area contributed by atoms with Crippen LogP contribution in [-0.4, -0.2) is 76.4 Å². The molecular formula is C29H35N9O3S. The summed E-state index contributed by atoms with van der Waals surface area (Å²) in [5.74, 6) is 0.804. The van der Waals surface area contributed by atoms with Crippen molar-refractivity contribution in [3.05, 3.63) is 58.9 Å². The lowest BCUT2D eigenvalue weighted by atomic mass is 9.93. The molecule has 0 saturated carbocycles. The van der Waals surface area contributed by atoms with Crippen LogP contribution in [0.25, 0.3) is 11.1 Å². The molecule has 1 fully saturated rings. The first-order chi connectivity index (χ1) is 20.2. The van der Waals surface area contributed by atoms with Gasteiger partial charge in [-0.3, -0.25) is 9.36 Å². The molecule has 1 N–H and O–H groups in total. The van der Waals surface area contributed by atoms with Gasteiger partial charge >= 0.3 is 6.03 Å². The molecule has 13 heteroatoms. The molecule has 0 aliphatic carbocycles. The highest BCUT2D eigenvalue weighted by Gasteiger charge is 2.35. The lowest BCUT2D eigenvalue weighted by Gasteiger charge is -2.33. The Balaban J connectivity index is 1.41. The number of sulfonamides is 1. The fourth-order valence-corrected chi connectivity index (χ4v) is 7.40. The molecule has 0 atom stereocenters. The zero-order chi connectivity index (χ0) is 29.6. The van der Waals surface area contributed by atoms with Crippen molar-refractivity contribution < 1.29 is 13.2 Å². The third-order valence-electron chi connectivity index (χ3n) is 8.64. The van der Waals surface area contributed by atoms with E-state index in [4.69, 9.17) is 5.10 Å². The number of aryl methyl sites for hydroxylation is 2. The molecule has 3 aliphatic rings. The molecule has 1 aromatic carbocycles. The minimum atomic E-state index is -3.46. The smallest absolute Gasteiger partial charge is 0.317 e. The summed E-state index contributed by atoms with van der Waals surface area (Å²) in [5, 5.41) is 23.4. The van der Waals surface area contributed by atoms with Crippen molar-refractivity contribution in [2.24, 2.45) is 7.05 Å². The third kappa shape index (κ3) is 4.84. The number of anilines is 2. The molecule has 3 aliphatic heterocycles. The molecule has 220 valence electrons. The average Bonchev–Trinajstić information content (AvgIpc) is 3.63. The summed E-state index contributed by atoms with van der Waals surface area (Å²) in [4.78, 5) is 16.6. The van der Waals surface area contributed by atoms with Gasteiger partial charge in [0.15, 0.2) is 5.82 Å². The highest BCUT2D eigenvalue weighted by Crippen LogP contribution is 2.42. The van der Waals surface area contributed by atoms with E-state index in [1.165, 1.54) is 4.31 Å². The third-order valence-corrected chi connectivity index (χ3v) is 10.1. The van der Waals surface area contributed by atoms with Crippen LogP contribution in [0.15, 0.2) is 36.5 Å². The van der Waals surface area contributed by atoms with E-state index >= 15 is 0 Å². The van der Waals surface area contributed by atoms with Gasteiger partial charge < -0.3 is 15.1 Å². The molecular weight excluding hydrogens is 554 g/mol. The van der Waals surface area contributed by atoms with Gasteiger partial charge in [-0.2, -0.15) is 19.8 Å². The predicted molar refractivity (Wildman–Crippen MR) is 158 cm³/mol. The minimum absolute atomic E-state index is 0.0437. The Hall–Kier alpha value is -4.15. The maximum atomic E-state index is 12.6. The lowest BCUT2D eigenvalue weighted by Crippen LogP contribution is -2.42. The van der Waals surface area contributed by atoms with E-state index in [1.807, 2.05) is 19.3 Å². The first-order valence-corrected chi connectivity index (χ1v) is 15.8. The van der Waals surface area contributed by atoms with Crippen LogP contribution in [0.2, 0.25) is 0 Å². The van der Waals surface area contributed by atoms with E-state index in [-0.39, 0.29) is 12.1 Å². The number of fused-ring (bicyclic) bond motifs is 2. The zero-order valence-corrected chi connectivity index (χ0v) is 24.8. The molecule has 3 aromatic rings. The first kappa shape index (κ1) is 28.0. The van der Waals surface area contributed by atoms with Gasteiger partial charge in [-0.1, -0.05) is 6.58 Å². The van der Waals surface area contributed by atoms with Gasteiger partial charge in [-0.25, -0.2) is 13.2 Å². The predicted octanol–water partition coefficient (Wildman–Crippen LogP) is 3.05. The van der Waals surface area contributed by atoms with Crippen molar-refractivity contribution in [1.82, 2.24) is 34.1 Å². The van der Waals surface area contributed by atoms with E-state index in [0.717, 1.165) is 64.2 Å². The molecule has 2 amide bonds. The molecule has 12 nitrogen and oxygen atoms in total. The van der Waals surface area contributed by atoms with Crippen LogP contribution in [-0.2, 0) is 36.5 Å². The minimum Gasteiger partial charge on any atom is -0.341 e. The van der Waals surface area contributed by atoms with Gasteiger partial charge in [0.2, 0.25) is 10.0 Å². The SMILES string of the molecule is C=CS(=O)(=O)N1CCC(n2nc(N3CCCc4cc(-c5cnn(C)c5)c(C#N)cc43)c3c2CCN(C(=O)NC)C3)CC1. The first-order valence-electron chi connectivity index (χ1n) is 14.3. The lowest BCUT2D eigenvalue weighted by molar-refractivity contribution is 0.193. The normalized spacial score (nSPS) is 17.8. The summed E-state index contributed by atoms with van der Waals surface area (Å²) in [5.41, 5.74) is 6.55. The molecule has 0 bridgehead atoms. The summed E-state index contributed by atoms with van der Waals surface area (Å²) >= 11 is 0. The van der Waals surface area contributed by atoms with Crippen molar-refractivity contribution in [2.75, 3.05) is 38.1 Å². The maximum absolute atomic E-state index is 12.6. The topological polar surface area (TPSA) is 132 Å². The van der Waals surface area contributed by atoms with Crippen molar-refractivity contribution >= 4 is 27.6 Å². The van der Waals surface area contributed by atoms with Crippen LogP contribution in [0.3, 0.4) is 0 Å². The Morgan fingerprint density at radius 1 is 1.19 bits per heavy atom. The number of carbonyl (C=O) groups excluding carboxylic acids is 1. The van der Waals surface area contributed by atoms with Gasteiger partial charge in [0.1, 0.15) is 0 Å². The van der Waals surface area contributed by atoms with Crippen LogP contribution in [0.1, 0.15) is 47.7 Å². The molecule has 0 radical (unpaired) electrons. The molecule has 5 heterocycles. The fourth-order valence-electron chi connectivity index (χ4n) is 6.47. The monoisotopic (exact) mass is 589 g/mol. The van der Waals surface area contributed by atoms with Crippen LogP contribution < -0.4 is 10.2 Å². The van der Waals surface area contributed by atoms with Gasteiger partial charge in [0, 0.05) is 86.4 Å². The van der Waals surface area contributed by atoms with Gasteiger partial charge in [-0.15, -0.1) is 0 Å². The van der Waals surface area contributed by atoms with E-state index in [0.29, 0.717) is 51.0 Å². The Morgan fingerprint density at radius 3 is 2.64 bits per heavy atom. The molecule has 6 rings (SSSR count). The highest BCUT2D eigenvalue weighted by molar-refractivity contribution is 7.92. The summed E-state index contributed by atoms with van der Waals surface area (Å²) in [6.07, 6.45) is 7.44. The van der Waals surface area contributed by atoms with E-state index in [9.17, 15) is 18.5 Å². The maximum Gasteiger partial charge on any atom is 0.317 e. The molecule has 1 saturated heterocycles. The number of aromatic nitrogens is 4. The van der Waals surface area contributed by atoms with Crippen molar-refractivity contribution in [1.29, 1.82) is 5.26 Å². The Morgan fingerprint density at radius 2 is 1.98 bits per heavy atom. The number of piperidine rings is 1. The summed E-state index contributed by atoms with van der Waals surface area (Å²) in [7, 11) is 0.0352. The van der Waals surface area contributed by atoms with Crippen molar-refractivity contribution in [3.63, 3.8) is 0 Å². The van der Waals surface area contributed by atoms with Crippen molar-refractivity contribution in [3.8, 4) is 17.2 Å². The van der Waals surface area contributed by atoms with E-state index < -0.39 is 10.0 Å². The largest absolute Gasteiger partial charge is 0.341 e. The van der Waals surface area contributed by atoms with Gasteiger partial charge in [0.25, 0.3) is 0 Å². The molecule has 0 unspecified atom stereocenters. The number of nitrogens with zero attached hydrogens (tertiary/aromatic N) is 8. The number of nitriles is 1. The van der Waals surface area contributed by atoms with Gasteiger partial charge in [0.05, 0.1) is 30.4 Å². The Labute approximate surface area is 245 Å². The Bertz CT molecular complexity index is 1690. The molecule has 0 spiro atoms. The van der Waals surface area contributed by atoms with E-state index in [2.05, 4.69) is 38.7 Å². The highest BCUT2D eigenvalue weighted by atomic mass is 32.2. The quantitative estimate of drug-likeness (QED) is 0.484. The van der Waals surface area contributed by atoms with Crippen LogP contribution >= 0.6 is 0 Å². The molecule has 42 heavy (non-hydrogen) atoms. The molecule has 2 aromatic heterocycles.